The van der Waals surface area contributed by atoms with Gasteiger partial charge in [0.15, 0.2) is 0 Å². The van der Waals surface area contributed by atoms with Crippen LogP contribution in [0.3, 0.4) is 0 Å². The van der Waals surface area contributed by atoms with Gasteiger partial charge < -0.3 is 14.6 Å². The minimum Gasteiger partial charge on any atom is -0.462 e. The highest BCUT2D eigenvalue weighted by Crippen LogP contribution is 2.06. The molecule has 1 aromatic carbocycles. The van der Waals surface area contributed by atoms with Crippen molar-refractivity contribution < 1.29 is 24.2 Å². The molecule has 0 radical (unpaired) electrons. The molecule has 5 nitrogen and oxygen atoms in total. The number of esters is 2. The van der Waals surface area contributed by atoms with Crippen LogP contribution in [0.2, 0.25) is 0 Å². The van der Waals surface area contributed by atoms with Crippen LogP contribution in [0.15, 0.2) is 30.3 Å². The summed E-state index contributed by atoms with van der Waals surface area (Å²) >= 11 is 0. The molecule has 1 rings (SSSR count). The molecule has 0 aliphatic rings. The molecule has 0 saturated heterocycles. The summed E-state index contributed by atoms with van der Waals surface area (Å²) in [6.45, 7) is 3.32. The van der Waals surface area contributed by atoms with Crippen LogP contribution in [0.1, 0.15) is 32.3 Å². The maximum atomic E-state index is 11.6. The Morgan fingerprint density at radius 2 is 1.75 bits per heavy atom. The van der Waals surface area contributed by atoms with Crippen molar-refractivity contribution in [1.29, 1.82) is 0 Å². The summed E-state index contributed by atoms with van der Waals surface area (Å²) in [6.07, 6.45) is -1.40. The first-order valence-corrected chi connectivity index (χ1v) is 6.54. The standard InChI is InChI=1S/C15H20O5/c1-11(16)8-15(18)20-12(2)9-14(17)19-10-13-6-4-3-5-7-13/h3-7,11-12,16H,8-10H2,1-2H3/t11-,12-/m0/s1. The molecular formula is C15H20O5. The van der Waals surface area contributed by atoms with Crippen LogP contribution in [0.5, 0.6) is 0 Å². The summed E-state index contributed by atoms with van der Waals surface area (Å²) < 4.78 is 10.1. The molecule has 5 heteroatoms. The average Bonchev–Trinajstić information content (AvgIpc) is 2.36. The molecule has 1 aromatic rings. The van der Waals surface area contributed by atoms with Crippen LogP contribution in [0.4, 0.5) is 0 Å². The monoisotopic (exact) mass is 280 g/mol. The fraction of sp³-hybridized carbons (Fsp3) is 0.467. The number of benzene rings is 1. The lowest BCUT2D eigenvalue weighted by Crippen LogP contribution is -2.22. The largest absolute Gasteiger partial charge is 0.462 e. The Labute approximate surface area is 118 Å². The van der Waals surface area contributed by atoms with Crippen LogP contribution in [-0.2, 0) is 25.7 Å². The van der Waals surface area contributed by atoms with Crippen molar-refractivity contribution in [3.63, 3.8) is 0 Å². The van der Waals surface area contributed by atoms with Gasteiger partial charge in [0.1, 0.15) is 12.7 Å². The molecule has 0 unspecified atom stereocenters. The molecule has 0 saturated carbocycles. The van der Waals surface area contributed by atoms with E-state index >= 15 is 0 Å². The third-order valence-corrected chi connectivity index (χ3v) is 2.49. The minimum atomic E-state index is -0.750. The van der Waals surface area contributed by atoms with Crippen molar-refractivity contribution in [3.8, 4) is 0 Å². The van der Waals surface area contributed by atoms with E-state index in [-0.39, 0.29) is 19.4 Å². The van der Waals surface area contributed by atoms with E-state index in [0.717, 1.165) is 5.56 Å². The lowest BCUT2D eigenvalue weighted by Gasteiger charge is -2.13. The van der Waals surface area contributed by atoms with E-state index in [1.807, 2.05) is 30.3 Å². The first-order valence-electron chi connectivity index (χ1n) is 6.54. The lowest BCUT2D eigenvalue weighted by molar-refractivity contribution is -0.155. The molecule has 0 heterocycles. The number of hydrogen-bond donors (Lipinski definition) is 1. The highest BCUT2D eigenvalue weighted by Gasteiger charge is 2.16. The van der Waals surface area contributed by atoms with Gasteiger partial charge in [0.25, 0.3) is 0 Å². The number of aliphatic hydroxyl groups is 1. The first kappa shape index (κ1) is 16.2. The van der Waals surface area contributed by atoms with E-state index in [0.29, 0.717) is 0 Å². The second-order valence-corrected chi connectivity index (χ2v) is 4.70. The van der Waals surface area contributed by atoms with Gasteiger partial charge >= 0.3 is 11.9 Å². The van der Waals surface area contributed by atoms with Gasteiger partial charge in [-0.3, -0.25) is 9.59 Å². The van der Waals surface area contributed by atoms with Gasteiger partial charge in [0.2, 0.25) is 0 Å². The minimum absolute atomic E-state index is 0.00160. The fourth-order valence-corrected chi connectivity index (χ4v) is 1.59. The molecule has 0 aliphatic heterocycles. The Morgan fingerprint density at radius 3 is 2.35 bits per heavy atom. The summed E-state index contributed by atoms with van der Waals surface area (Å²) in [5, 5.41) is 9.04. The second kappa shape index (κ2) is 8.32. The van der Waals surface area contributed by atoms with E-state index in [9.17, 15) is 9.59 Å². The Morgan fingerprint density at radius 1 is 1.10 bits per heavy atom. The van der Waals surface area contributed by atoms with Gasteiger partial charge in [-0.25, -0.2) is 0 Å². The Hall–Kier alpha value is -1.88. The van der Waals surface area contributed by atoms with E-state index < -0.39 is 24.1 Å². The van der Waals surface area contributed by atoms with Crippen molar-refractivity contribution in [2.75, 3.05) is 0 Å². The predicted octanol–water partition coefficient (Wildman–Crippen LogP) is 1.82. The summed E-state index contributed by atoms with van der Waals surface area (Å²) in [4.78, 5) is 22.9. The predicted molar refractivity (Wildman–Crippen MR) is 72.7 cm³/mol. The van der Waals surface area contributed by atoms with Gasteiger partial charge in [0.05, 0.1) is 18.9 Å². The van der Waals surface area contributed by atoms with Gasteiger partial charge in [-0.15, -0.1) is 0 Å². The Balaban J connectivity index is 2.26. The van der Waals surface area contributed by atoms with Crippen LogP contribution in [0.25, 0.3) is 0 Å². The van der Waals surface area contributed by atoms with Crippen LogP contribution in [0, 0.1) is 0 Å². The maximum absolute atomic E-state index is 11.6. The SMILES string of the molecule is C[C@H](O)CC(=O)O[C@@H](C)CC(=O)OCc1ccccc1. The zero-order valence-electron chi connectivity index (χ0n) is 11.7. The highest BCUT2D eigenvalue weighted by molar-refractivity contribution is 5.72. The number of rotatable bonds is 7. The Bertz CT molecular complexity index is 427. The van der Waals surface area contributed by atoms with Gasteiger partial charge in [0, 0.05) is 0 Å². The second-order valence-electron chi connectivity index (χ2n) is 4.70. The molecular weight excluding hydrogens is 260 g/mol. The zero-order chi connectivity index (χ0) is 15.0. The lowest BCUT2D eigenvalue weighted by atomic mass is 10.2. The molecule has 110 valence electrons. The maximum Gasteiger partial charge on any atom is 0.309 e. The van der Waals surface area contributed by atoms with Gasteiger partial charge in [-0.1, -0.05) is 30.3 Å². The molecule has 0 aromatic heterocycles. The average molecular weight is 280 g/mol. The number of carbonyl (C=O) groups excluding carboxylic acids is 2. The van der Waals surface area contributed by atoms with E-state index in [1.165, 1.54) is 6.92 Å². The van der Waals surface area contributed by atoms with Crippen molar-refractivity contribution in [3.05, 3.63) is 35.9 Å². The topological polar surface area (TPSA) is 72.8 Å². The molecule has 0 spiro atoms. The summed E-state index contributed by atoms with van der Waals surface area (Å²) in [5.41, 5.74) is 0.902. The number of carbonyl (C=O) groups is 2. The van der Waals surface area contributed by atoms with Crippen LogP contribution in [-0.4, -0.2) is 29.3 Å². The molecule has 0 aliphatic carbocycles. The number of ether oxygens (including phenoxy) is 2. The van der Waals surface area contributed by atoms with Crippen molar-refractivity contribution in [2.24, 2.45) is 0 Å². The third-order valence-electron chi connectivity index (χ3n) is 2.49. The van der Waals surface area contributed by atoms with E-state index in [4.69, 9.17) is 14.6 Å². The normalized spacial score (nSPS) is 13.3. The van der Waals surface area contributed by atoms with Gasteiger partial charge in [-0.05, 0) is 19.4 Å². The fourth-order valence-electron chi connectivity index (χ4n) is 1.59. The number of hydrogen-bond acceptors (Lipinski definition) is 5. The van der Waals surface area contributed by atoms with Crippen LogP contribution >= 0.6 is 0 Å². The smallest absolute Gasteiger partial charge is 0.309 e. The van der Waals surface area contributed by atoms with E-state index in [2.05, 4.69) is 0 Å². The summed E-state index contributed by atoms with van der Waals surface area (Å²) in [7, 11) is 0. The molecule has 0 bridgehead atoms. The zero-order valence-corrected chi connectivity index (χ0v) is 11.7. The highest BCUT2D eigenvalue weighted by atomic mass is 16.6. The molecule has 0 amide bonds. The van der Waals surface area contributed by atoms with E-state index in [1.54, 1.807) is 6.92 Å². The van der Waals surface area contributed by atoms with Crippen molar-refractivity contribution in [2.45, 2.75) is 45.5 Å². The number of aliphatic hydroxyl groups excluding tert-OH is 1. The van der Waals surface area contributed by atoms with Crippen molar-refractivity contribution in [1.82, 2.24) is 0 Å². The first-order chi connectivity index (χ1) is 9.47. The Kier molecular flexibility index (Phi) is 6.73. The van der Waals surface area contributed by atoms with Gasteiger partial charge in [-0.2, -0.15) is 0 Å². The molecule has 1 N–H and O–H groups in total. The molecule has 2 atom stereocenters. The quantitative estimate of drug-likeness (QED) is 0.771. The summed E-state index contributed by atoms with van der Waals surface area (Å²) in [5.74, 6) is -0.949. The van der Waals surface area contributed by atoms with Crippen LogP contribution < -0.4 is 0 Å². The van der Waals surface area contributed by atoms with Crippen molar-refractivity contribution >= 4 is 11.9 Å². The molecule has 0 fully saturated rings. The molecule has 20 heavy (non-hydrogen) atoms. The summed E-state index contributed by atoms with van der Waals surface area (Å²) in [6, 6.07) is 9.33. The third kappa shape index (κ3) is 6.89.